The van der Waals surface area contributed by atoms with Crippen LogP contribution in [0.5, 0.6) is 0 Å². The summed E-state index contributed by atoms with van der Waals surface area (Å²) < 4.78 is 0.749. The van der Waals surface area contributed by atoms with Gasteiger partial charge < -0.3 is 0 Å². The van der Waals surface area contributed by atoms with Crippen LogP contribution in [0.15, 0.2) is 28.9 Å². The van der Waals surface area contributed by atoms with Crippen LogP contribution in [0.1, 0.15) is 26.6 Å². The number of hydrogen-bond acceptors (Lipinski definition) is 2. The van der Waals surface area contributed by atoms with Gasteiger partial charge in [-0.15, -0.1) is 0 Å². The van der Waals surface area contributed by atoms with Crippen LogP contribution in [-0.4, -0.2) is 9.97 Å². The van der Waals surface area contributed by atoms with Gasteiger partial charge in [0.15, 0.2) is 0 Å². The quantitative estimate of drug-likeness (QED) is 0.627. The number of hydrogen-bond donors (Lipinski definition) is 0. The fourth-order valence-electron chi connectivity index (χ4n) is 1.60. The Morgan fingerprint density at radius 3 is 2.05 bits per heavy atom. The normalized spacial score (nSPS) is 11.7. The summed E-state index contributed by atoms with van der Waals surface area (Å²) in [5, 5.41) is 1.18. The van der Waals surface area contributed by atoms with Gasteiger partial charge in [0, 0.05) is 21.0 Å². The van der Waals surface area contributed by atoms with Gasteiger partial charge in [-0.05, 0) is 40.2 Å². The van der Waals surface area contributed by atoms with Crippen molar-refractivity contribution in [3.05, 3.63) is 44.7 Å². The summed E-state index contributed by atoms with van der Waals surface area (Å²) in [5.41, 5.74) is 1.56. The Kier molecular flexibility index (Phi) is 4.19. The molecule has 0 saturated carbocycles. The first kappa shape index (κ1) is 14.8. The van der Waals surface area contributed by atoms with Gasteiger partial charge >= 0.3 is 0 Å². The van der Waals surface area contributed by atoms with Crippen LogP contribution in [0.3, 0.4) is 0 Å². The van der Waals surface area contributed by atoms with Crippen molar-refractivity contribution in [2.75, 3.05) is 0 Å². The van der Waals surface area contributed by atoms with E-state index in [9.17, 15) is 0 Å². The Bertz CT molecular complexity index is 601. The highest BCUT2D eigenvalue weighted by atomic mass is 79.9. The first-order chi connectivity index (χ1) is 8.75. The van der Waals surface area contributed by atoms with Gasteiger partial charge in [0.1, 0.15) is 10.4 Å². The van der Waals surface area contributed by atoms with Crippen molar-refractivity contribution >= 4 is 39.1 Å². The summed E-state index contributed by atoms with van der Waals surface area (Å²) >= 11 is 15.5. The van der Waals surface area contributed by atoms with E-state index < -0.39 is 0 Å². The number of halogens is 3. The molecule has 2 aromatic rings. The molecule has 0 N–H and O–H groups in total. The van der Waals surface area contributed by atoms with Gasteiger partial charge in [-0.25, -0.2) is 9.97 Å². The molecular formula is C14H13BrCl2N2. The highest BCUT2D eigenvalue weighted by molar-refractivity contribution is 9.10. The van der Waals surface area contributed by atoms with Gasteiger partial charge in [-0.1, -0.05) is 44.0 Å². The molecule has 100 valence electrons. The number of rotatable bonds is 1. The lowest BCUT2D eigenvalue weighted by atomic mass is 9.95. The van der Waals surface area contributed by atoms with Crippen LogP contribution in [0, 0.1) is 0 Å². The molecule has 19 heavy (non-hydrogen) atoms. The summed E-state index contributed by atoms with van der Waals surface area (Å²) in [4.78, 5) is 9.01. The van der Waals surface area contributed by atoms with E-state index in [1.807, 2.05) is 18.2 Å². The Morgan fingerprint density at radius 2 is 1.53 bits per heavy atom. The Balaban J connectivity index is 2.59. The molecule has 1 aromatic heterocycles. The SMILES string of the molecule is CC(C)(C)c1nc(Br)cc(-c2cc(Cl)cc(Cl)c2)n1. The average Bonchev–Trinajstić information content (AvgIpc) is 2.25. The number of benzene rings is 1. The van der Waals surface area contributed by atoms with Crippen molar-refractivity contribution in [1.29, 1.82) is 0 Å². The van der Waals surface area contributed by atoms with Gasteiger partial charge in [0.05, 0.1) is 5.69 Å². The molecule has 0 atom stereocenters. The molecule has 0 aliphatic carbocycles. The monoisotopic (exact) mass is 358 g/mol. The molecule has 5 heteroatoms. The first-order valence-electron chi connectivity index (χ1n) is 5.77. The van der Waals surface area contributed by atoms with E-state index in [2.05, 4.69) is 46.7 Å². The predicted octanol–water partition coefficient (Wildman–Crippen LogP) is 5.51. The molecule has 1 heterocycles. The molecule has 2 rings (SSSR count). The molecule has 0 unspecified atom stereocenters. The summed E-state index contributed by atoms with van der Waals surface area (Å²) in [6, 6.07) is 7.24. The highest BCUT2D eigenvalue weighted by Crippen LogP contribution is 2.29. The second-order valence-electron chi connectivity index (χ2n) is 5.31. The lowest BCUT2D eigenvalue weighted by Gasteiger charge is -2.17. The smallest absolute Gasteiger partial charge is 0.135 e. The van der Waals surface area contributed by atoms with Gasteiger partial charge in [0.25, 0.3) is 0 Å². The van der Waals surface area contributed by atoms with Crippen LogP contribution < -0.4 is 0 Å². The van der Waals surface area contributed by atoms with Crippen LogP contribution >= 0.6 is 39.1 Å². The predicted molar refractivity (Wildman–Crippen MR) is 83.9 cm³/mol. The van der Waals surface area contributed by atoms with E-state index in [-0.39, 0.29) is 5.41 Å². The van der Waals surface area contributed by atoms with Crippen molar-refractivity contribution in [2.45, 2.75) is 26.2 Å². The van der Waals surface area contributed by atoms with E-state index in [0.717, 1.165) is 21.7 Å². The highest BCUT2D eigenvalue weighted by Gasteiger charge is 2.19. The van der Waals surface area contributed by atoms with Crippen molar-refractivity contribution in [1.82, 2.24) is 9.97 Å². The summed E-state index contributed by atoms with van der Waals surface area (Å²) in [6.07, 6.45) is 0. The van der Waals surface area contributed by atoms with Crippen LogP contribution in [-0.2, 0) is 5.41 Å². The minimum atomic E-state index is -0.124. The van der Waals surface area contributed by atoms with Crippen LogP contribution in [0.2, 0.25) is 10.0 Å². The molecule has 0 saturated heterocycles. The second kappa shape index (κ2) is 5.39. The average molecular weight is 360 g/mol. The second-order valence-corrected chi connectivity index (χ2v) is 6.99. The fraction of sp³-hybridized carbons (Fsp3) is 0.286. The van der Waals surface area contributed by atoms with Crippen LogP contribution in [0.25, 0.3) is 11.3 Å². The third kappa shape index (κ3) is 3.68. The first-order valence-corrected chi connectivity index (χ1v) is 7.32. The third-order valence-corrected chi connectivity index (χ3v) is 3.37. The van der Waals surface area contributed by atoms with E-state index in [1.165, 1.54) is 0 Å². The minimum absolute atomic E-state index is 0.124. The maximum absolute atomic E-state index is 6.03. The standard InChI is InChI=1S/C14H13BrCl2N2/c1-14(2,3)13-18-11(7-12(15)19-13)8-4-9(16)6-10(17)5-8/h4-7H,1-3H3. The maximum atomic E-state index is 6.03. The van der Waals surface area contributed by atoms with Gasteiger partial charge in [-0.3, -0.25) is 0 Å². The third-order valence-electron chi connectivity index (χ3n) is 2.52. The molecule has 0 spiro atoms. The fourth-order valence-corrected chi connectivity index (χ4v) is 2.51. The van der Waals surface area contributed by atoms with E-state index in [0.29, 0.717) is 10.0 Å². The van der Waals surface area contributed by atoms with E-state index >= 15 is 0 Å². The zero-order valence-corrected chi connectivity index (χ0v) is 13.9. The summed E-state index contributed by atoms with van der Waals surface area (Å²) in [5.74, 6) is 0.771. The van der Waals surface area contributed by atoms with E-state index in [1.54, 1.807) is 6.07 Å². The van der Waals surface area contributed by atoms with E-state index in [4.69, 9.17) is 23.2 Å². The topological polar surface area (TPSA) is 25.8 Å². The van der Waals surface area contributed by atoms with Crippen molar-refractivity contribution in [3.63, 3.8) is 0 Å². The summed E-state index contributed by atoms with van der Waals surface area (Å²) in [6.45, 7) is 6.22. The molecule has 0 aliphatic heterocycles. The molecule has 1 aromatic carbocycles. The molecule has 0 bridgehead atoms. The molecule has 0 radical (unpaired) electrons. The van der Waals surface area contributed by atoms with Crippen molar-refractivity contribution in [3.8, 4) is 11.3 Å². The van der Waals surface area contributed by atoms with Crippen molar-refractivity contribution in [2.24, 2.45) is 0 Å². The molecule has 0 fully saturated rings. The Labute approximate surface area is 131 Å². The lowest BCUT2D eigenvalue weighted by molar-refractivity contribution is 0.544. The molecular weight excluding hydrogens is 347 g/mol. The molecule has 2 nitrogen and oxygen atoms in total. The van der Waals surface area contributed by atoms with Gasteiger partial charge in [0.2, 0.25) is 0 Å². The Morgan fingerprint density at radius 1 is 0.947 bits per heavy atom. The largest absolute Gasteiger partial charge is 0.232 e. The molecule has 0 aliphatic rings. The lowest BCUT2D eigenvalue weighted by Crippen LogP contribution is -2.16. The zero-order valence-electron chi connectivity index (χ0n) is 10.8. The number of aromatic nitrogens is 2. The van der Waals surface area contributed by atoms with Gasteiger partial charge in [-0.2, -0.15) is 0 Å². The van der Waals surface area contributed by atoms with Crippen LogP contribution in [0.4, 0.5) is 0 Å². The van der Waals surface area contributed by atoms with Crippen molar-refractivity contribution < 1.29 is 0 Å². The number of nitrogens with zero attached hydrogens (tertiary/aromatic N) is 2. The summed E-state index contributed by atoms with van der Waals surface area (Å²) in [7, 11) is 0. The minimum Gasteiger partial charge on any atom is -0.232 e. The zero-order chi connectivity index (χ0) is 14.2. The Hall–Kier alpha value is -0.640. The maximum Gasteiger partial charge on any atom is 0.135 e. The molecule has 0 amide bonds.